The van der Waals surface area contributed by atoms with Crippen molar-refractivity contribution in [3.63, 3.8) is 0 Å². The minimum Gasteiger partial charge on any atom is -0.397 e. The van der Waals surface area contributed by atoms with E-state index in [1.54, 1.807) is 24.7 Å². The molecule has 0 saturated carbocycles. The van der Waals surface area contributed by atoms with Crippen molar-refractivity contribution < 1.29 is 4.79 Å². The second kappa shape index (κ2) is 6.79. The zero-order valence-electron chi connectivity index (χ0n) is 11.7. The van der Waals surface area contributed by atoms with Gasteiger partial charge in [0.05, 0.1) is 5.69 Å². The molecule has 1 amide bonds. The van der Waals surface area contributed by atoms with Crippen LogP contribution in [0.25, 0.3) is 0 Å². The summed E-state index contributed by atoms with van der Waals surface area (Å²) in [6, 6.07) is 1.72. The van der Waals surface area contributed by atoms with Crippen molar-refractivity contribution >= 4 is 11.6 Å². The lowest BCUT2D eigenvalue weighted by molar-refractivity contribution is 0.0943. The Morgan fingerprint density at radius 1 is 1.55 bits per heavy atom. The van der Waals surface area contributed by atoms with Gasteiger partial charge < -0.3 is 20.6 Å². The van der Waals surface area contributed by atoms with Crippen molar-refractivity contribution in [1.82, 2.24) is 19.9 Å². The van der Waals surface area contributed by atoms with Gasteiger partial charge in [0.25, 0.3) is 5.91 Å². The van der Waals surface area contributed by atoms with Gasteiger partial charge in [-0.25, -0.2) is 4.98 Å². The van der Waals surface area contributed by atoms with Crippen molar-refractivity contribution in [1.29, 1.82) is 0 Å². The lowest BCUT2D eigenvalue weighted by Crippen LogP contribution is -2.27. The summed E-state index contributed by atoms with van der Waals surface area (Å²) in [4.78, 5) is 19.3. The zero-order valence-corrected chi connectivity index (χ0v) is 11.7. The average molecular weight is 275 g/mol. The van der Waals surface area contributed by atoms with Crippen LogP contribution < -0.4 is 11.1 Å². The second-order valence-corrected chi connectivity index (χ2v) is 4.75. The van der Waals surface area contributed by atoms with Crippen LogP contribution in [-0.4, -0.2) is 27.0 Å². The normalized spacial score (nSPS) is 10.7. The number of hydrogen-bond acceptors (Lipinski definition) is 3. The second-order valence-electron chi connectivity index (χ2n) is 4.75. The number of nitrogens with two attached hydrogens (primary N) is 1. The number of anilines is 1. The first kappa shape index (κ1) is 14.2. The molecule has 6 nitrogen and oxygen atoms in total. The Labute approximate surface area is 118 Å². The van der Waals surface area contributed by atoms with Gasteiger partial charge in [0, 0.05) is 38.1 Å². The van der Waals surface area contributed by atoms with Gasteiger partial charge in [0.1, 0.15) is 11.5 Å². The minimum absolute atomic E-state index is 0.0744. The molecule has 0 spiro atoms. The van der Waals surface area contributed by atoms with Crippen molar-refractivity contribution in [2.45, 2.75) is 32.7 Å². The van der Waals surface area contributed by atoms with Crippen LogP contribution in [0.2, 0.25) is 0 Å². The van der Waals surface area contributed by atoms with Crippen LogP contribution in [0.4, 0.5) is 5.69 Å². The van der Waals surface area contributed by atoms with E-state index in [-0.39, 0.29) is 5.91 Å². The molecule has 2 aromatic heterocycles. The molecular formula is C14H21N5O. The van der Waals surface area contributed by atoms with E-state index in [0.717, 1.165) is 31.6 Å². The fourth-order valence-electron chi connectivity index (χ4n) is 2.13. The highest BCUT2D eigenvalue weighted by Gasteiger charge is 2.11. The standard InChI is InChI=1S/C14H21N5O/c1-2-8-19-10-11(15)9-12(19)14(20)18-5-3-4-13-16-6-7-17-13/h6-7,9-10H,2-5,8,15H2,1H3,(H,16,17)(H,18,20). The molecule has 0 saturated heterocycles. The number of aromatic amines is 1. The predicted molar refractivity (Wildman–Crippen MR) is 78.4 cm³/mol. The van der Waals surface area contributed by atoms with E-state index in [4.69, 9.17) is 5.73 Å². The smallest absolute Gasteiger partial charge is 0.267 e. The van der Waals surface area contributed by atoms with Crippen LogP contribution in [0.5, 0.6) is 0 Å². The maximum Gasteiger partial charge on any atom is 0.267 e. The van der Waals surface area contributed by atoms with Gasteiger partial charge in [-0.15, -0.1) is 0 Å². The fraction of sp³-hybridized carbons (Fsp3) is 0.429. The number of H-pyrrole nitrogens is 1. The van der Waals surface area contributed by atoms with Crippen molar-refractivity contribution in [3.05, 3.63) is 36.2 Å². The molecule has 0 bridgehead atoms. The number of carbonyl (C=O) groups is 1. The molecule has 0 aromatic carbocycles. The van der Waals surface area contributed by atoms with Crippen molar-refractivity contribution in [3.8, 4) is 0 Å². The average Bonchev–Trinajstić information content (AvgIpc) is 3.05. The van der Waals surface area contributed by atoms with Crippen LogP contribution in [0, 0.1) is 0 Å². The number of nitrogens with one attached hydrogen (secondary N) is 2. The summed E-state index contributed by atoms with van der Waals surface area (Å²) in [5.41, 5.74) is 7.00. The summed E-state index contributed by atoms with van der Waals surface area (Å²) in [6.45, 7) is 3.49. The number of imidazole rings is 1. The molecule has 2 rings (SSSR count). The van der Waals surface area contributed by atoms with Crippen LogP contribution in [0.3, 0.4) is 0 Å². The summed E-state index contributed by atoms with van der Waals surface area (Å²) >= 11 is 0. The highest BCUT2D eigenvalue weighted by Crippen LogP contribution is 2.11. The van der Waals surface area contributed by atoms with E-state index < -0.39 is 0 Å². The third kappa shape index (κ3) is 3.63. The SMILES string of the molecule is CCCn1cc(N)cc1C(=O)NCCCc1ncc[nH]1. The molecule has 0 aliphatic heterocycles. The summed E-state index contributed by atoms with van der Waals surface area (Å²) in [7, 11) is 0. The topological polar surface area (TPSA) is 88.7 Å². The maximum atomic E-state index is 12.1. The molecule has 0 unspecified atom stereocenters. The van der Waals surface area contributed by atoms with Gasteiger partial charge in [-0.3, -0.25) is 4.79 Å². The monoisotopic (exact) mass is 275 g/mol. The Kier molecular flexibility index (Phi) is 4.81. The molecule has 6 heteroatoms. The molecule has 0 aliphatic rings. The van der Waals surface area contributed by atoms with E-state index in [2.05, 4.69) is 22.2 Å². The number of nitrogens with zero attached hydrogens (tertiary/aromatic N) is 2. The molecule has 0 radical (unpaired) electrons. The first-order valence-electron chi connectivity index (χ1n) is 6.92. The Hall–Kier alpha value is -2.24. The molecule has 20 heavy (non-hydrogen) atoms. The molecule has 108 valence electrons. The lowest BCUT2D eigenvalue weighted by atomic mass is 10.3. The molecule has 0 aliphatic carbocycles. The van der Waals surface area contributed by atoms with Gasteiger partial charge in [0.2, 0.25) is 0 Å². The molecule has 0 atom stereocenters. The Bertz CT molecular complexity index is 544. The number of hydrogen-bond donors (Lipinski definition) is 3. The van der Waals surface area contributed by atoms with Gasteiger partial charge in [0.15, 0.2) is 0 Å². The van der Waals surface area contributed by atoms with Crippen LogP contribution in [-0.2, 0) is 13.0 Å². The quantitative estimate of drug-likeness (QED) is 0.670. The largest absolute Gasteiger partial charge is 0.397 e. The van der Waals surface area contributed by atoms with Gasteiger partial charge in [-0.05, 0) is 18.9 Å². The number of rotatable bonds is 7. The first-order chi connectivity index (χ1) is 9.70. The van der Waals surface area contributed by atoms with E-state index in [1.165, 1.54) is 0 Å². The Balaban J connectivity index is 1.82. The number of aromatic nitrogens is 3. The fourth-order valence-corrected chi connectivity index (χ4v) is 2.13. The van der Waals surface area contributed by atoms with Crippen LogP contribution in [0.15, 0.2) is 24.7 Å². The number of nitrogen functional groups attached to an aromatic ring is 1. The minimum atomic E-state index is -0.0744. The summed E-state index contributed by atoms with van der Waals surface area (Å²) < 4.78 is 1.90. The molecular weight excluding hydrogens is 254 g/mol. The highest BCUT2D eigenvalue weighted by atomic mass is 16.1. The van der Waals surface area contributed by atoms with E-state index in [1.807, 2.05) is 4.57 Å². The molecule has 4 N–H and O–H groups in total. The Morgan fingerprint density at radius 3 is 3.10 bits per heavy atom. The zero-order chi connectivity index (χ0) is 14.4. The highest BCUT2D eigenvalue weighted by molar-refractivity contribution is 5.93. The van der Waals surface area contributed by atoms with Crippen LogP contribution in [0.1, 0.15) is 36.1 Å². The van der Waals surface area contributed by atoms with Crippen molar-refractivity contribution in [2.75, 3.05) is 12.3 Å². The predicted octanol–water partition coefficient (Wildman–Crippen LogP) is 1.57. The van der Waals surface area contributed by atoms with E-state index in [0.29, 0.717) is 17.9 Å². The molecule has 2 heterocycles. The maximum absolute atomic E-state index is 12.1. The van der Waals surface area contributed by atoms with Crippen molar-refractivity contribution in [2.24, 2.45) is 0 Å². The Morgan fingerprint density at radius 2 is 2.40 bits per heavy atom. The lowest BCUT2D eigenvalue weighted by Gasteiger charge is -2.08. The molecule has 0 fully saturated rings. The molecule has 2 aromatic rings. The first-order valence-corrected chi connectivity index (χ1v) is 6.92. The van der Waals surface area contributed by atoms with Gasteiger partial charge in [-0.2, -0.15) is 0 Å². The number of amides is 1. The van der Waals surface area contributed by atoms with E-state index >= 15 is 0 Å². The van der Waals surface area contributed by atoms with Gasteiger partial charge >= 0.3 is 0 Å². The van der Waals surface area contributed by atoms with Crippen LogP contribution >= 0.6 is 0 Å². The third-order valence-corrected chi connectivity index (χ3v) is 3.05. The summed E-state index contributed by atoms with van der Waals surface area (Å²) in [5, 5.41) is 2.92. The number of aryl methyl sites for hydroxylation is 2. The summed E-state index contributed by atoms with van der Waals surface area (Å²) in [6.07, 6.45) is 7.98. The number of carbonyl (C=O) groups excluding carboxylic acids is 1. The summed E-state index contributed by atoms with van der Waals surface area (Å²) in [5.74, 6) is 0.868. The third-order valence-electron chi connectivity index (χ3n) is 3.05. The van der Waals surface area contributed by atoms with E-state index in [9.17, 15) is 4.79 Å². The van der Waals surface area contributed by atoms with Gasteiger partial charge in [-0.1, -0.05) is 6.92 Å².